The molecule has 1 aliphatic carbocycles. The van der Waals surface area contributed by atoms with Gasteiger partial charge >= 0.3 is 0 Å². The lowest BCUT2D eigenvalue weighted by atomic mass is 9.97. The quantitative estimate of drug-likeness (QED) is 0.240. The Hall–Kier alpha value is -4.26. The maximum absolute atomic E-state index is 15.1. The zero-order valence-electron chi connectivity index (χ0n) is 29.6. The number of hydrogen-bond donors (Lipinski definition) is 2. The lowest BCUT2D eigenvalue weighted by Crippen LogP contribution is -2.61. The zero-order chi connectivity index (χ0) is 34.9. The summed E-state index contributed by atoms with van der Waals surface area (Å²) in [5.74, 6) is 1.07. The number of hydrogen-bond acceptors (Lipinski definition) is 10. The van der Waals surface area contributed by atoms with Crippen LogP contribution in [0.25, 0.3) is 0 Å². The minimum absolute atomic E-state index is 0.237. The van der Waals surface area contributed by atoms with E-state index in [1.165, 1.54) is 25.2 Å². The highest BCUT2D eigenvalue weighted by atomic mass is 19.1. The monoisotopic (exact) mass is 684 g/mol. The summed E-state index contributed by atoms with van der Waals surface area (Å²) in [6, 6.07) is 13.2. The molecule has 3 atom stereocenters. The van der Waals surface area contributed by atoms with Crippen LogP contribution in [-0.2, 0) is 9.63 Å². The zero-order valence-corrected chi connectivity index (χ0v) is 29.6. The van der Waals surface area contributed by atoms with Crippen molar-refractivity contribution in [2.24, 2.45) is 0 Å². The van der Waals surface area contributed by atoms with E-state index in [4.69, 9.17) is 9.57 Å². The van der Waals surface area contributed by atoms with Crippen LogP contribution in [0.5, 0.6) is 5.75 Å². The Morgan fingerprint density at radius 3 is 2.40 bits per heavy atom. The van der Waals surface area contributed by atoms with E-state index in [1.807, 2.05) is 18.2 Å². The number of nitrogens with zero attached hydrogens (tertiary/aromatic N) is 6. The Labute approximate surface area is 294 Å². The predicted molar refractivity (Wildman–Crippen MR) is 195 cm³/mol. The summed E-state index contributed by atoms with van der Waals surface area (Å²) < 4.78 is 21.0. The first-order valence-electron chi connectivity index (χ1n) is 17.9. The van der Waals surface area contributed by atoms with Gasteiger partial charge in [0.1, 0.15) is 23.7 Å². The molecule has 7 rings (SSSR count). The van der Waals surface area contributed by atoms with Crippen LogP contribution in [0.1, 0.15) is 63.1 Å². The third-order valence-corrected chi connectivity index (χ3v) is 10.8. The van der Waals surface area contributed by atoms with Gasteiger partial charge in [-0.2, -0.15) is 0 Å². The number of rotatable bonds is 10. The van der Waals surface area contributed by atoms with Crippen LogP contribution in [0.15, 0.2) is 55.4 Å². The molecule has 0 spiro atoms. The second kappa shape index (κ2) is 14.5. The molecular weight excluding hydrogens is 635 g/mol. The number of aromatic nitrogens is 2. The van der Waals surface area contributed by atoms with Crippen LogP contribution >= 0.6 is 0 Å². The number of hydroxylamine groups is 1. The lowest BCUT2D eigenvalue weighted by molar-refractivity contribution is -0.111. The second-order valence-corrected chi connectivity index (χ2v) is 14.1. The normalized spacial score (nSPS) is 23.6. The van der Waals surface area contributed by atoms with Crippen LogP contribution in [0, 0.1) is 12.7 Å². The average Bonchev–Trinajstić information content (AvgIpc) is 3.86. The van der Waals surface area contributed by atoms with Gasteiger partial charge in [-0.15, -0.1) is 0 Å². The summed E-state index contributed by atoms with van der Waals surface area (Å²) >= 11 is 0. The molecule has 3 aromatic rings. The summed E-state index contributed by atoms with van der Waals surface area (Å²) in [5, 5.41) is 8.04. The van der Waals surface area contributed by atoms with Crippen LogP contribution < -0.4 is 25.3 Å². The third-order valence-electron chi connectivity index (χ3n) is 10.8. The van der Waals surface area contributed by atoms with Gasteiger partial charge in [0.15, 0.2) is 5.82 Å². The molecule has 0 radical (unpaired) electrons. The summed E-state index contributed by atoms with van der Waals surface area (Å²) in [4.78, 5) is 35.3. The molecule has 2 aromatic carbocycles. The van der Waals surface area contributed by atoms with Crippen molar-refractivity contribution in [3.63, 3.8) is 0 Å². The number of aryl methyl sites for hydroxylation is 1. The molecule has 1 saturated carbocycles. The Kier molecular flexibility index (Phi) is 9.94. The van der Waals surface area contributed by atoms with E-state index >= 15 is 4.39 Å². The SMILES string of the molecule is C=CC(=O)Nc1cc(Nc2cc(N3OCCC3c3cccc(C)c3F)ncn2)c(OC)cc1N1CCC(N2C[C@@H](C)N(C3CC3)C[C@H]2C)CC1. The van der Waals surface area contributed by atoms with Gasteiger partial charge in [-0.25, -0.2) is 19.4 Å². The molecule has 4 aliphatic rings. The van der Waals surface area contributed by atoms with Crippen LogP contribution in [-0.4, -0.2) is 89.7 Å². The van der Waals surface area contributed by atoms with Crippen molar-refractivity contribution >= 4 is 34.6 Å². The molecule has 4 heterocycles. The van der Waals surface area contributed by atoms with E-state index in [0.717, 1.165) is 50.7 Å². The summed E-state index contributed by atoms with van der Waals surface area (Å²) in [6.07, 6.45) is 8.15. The number of carbonyl (C=O) groups excluding carboxylic acids is 1. The van der Waals surface area contributed by atoms with Gasteiger partial charge in [0.25, 0.3) is 0 Å². The second-order valence-electron chi connectivity index (χ2n) is 14.1. The minimum Gasteiger partial charge on any atom is -0.494 e. The van der Waals surface area contributed by atoms with Crippen molar-refractivity contribution in [1.29, 1.82) is 0 Å². The van der Waals surface area contributed by atoms with Crippen molar-refractivity contribution in [2.75, 3.05) is 60.5 Å². The smallest absolute Gasteiger partial charge is 0.247 e. The van der Waals surface area contributed by atoms with Gasteiger partial charge in [0, 0.05) is 74.5 Å². The number of piperidine rings is 1. The van der Waals surface area contributed by atoms with Crippen molar-refractivity contribution < 1.29 is 18.8 Å². The molecule has 3 aliphatic heterocycles. The molecule has 266 valence electrons. The Morgan fingerprint density at radius 1 is 1.00 bits per heavy atom. The number of benzene rings is 2. The fourth-order valence-corrected chi connectivity index (χ4v) is 8.00. The van der Waals surface area contributed by atoms with E-state index in [-0.39, 0.29) is 17.8 Å². The first kappa shape index (κ1) is 34.2. The molecule has 1 amide bonds. The number of nitrogens with one attached hydrogen (secondary N) is 2. The molecule has 1 aromatic heterocycles. The van der Waals surface area contributed by atoms with E-state index in [2.05, 4.69) is 55.7 Å². The van der Waals surface area contributed by atoms with Crippen molar-refractivity contribution in [1.82, 2.24) is 19.8 Å². The molecule has 3 saturated heterocycles. The molecule has 2 N–H and O–H groups in total. The van der Waals surface area contributed by atoms with Gasteiger partial charge in [-0.05, 0) is 64.2 Å². The van der Waals surface area contributed by atoms with Crippen molar-refractivity contribution in [2.45, 2.75) is 83.1 Å². The van der Waals surface area contributed by atoms with E-state index in [9.17, 15) is 4.79 Å². The van der Waals surface area contributed by atoms with Crippen LogP contribution in [0.2, 0.25) is 0 Å². The van der Waals surface area contributed by atoms with E-state index in [0.29, 0.717) is 71.0 Å². The summed E-state index contributed by atoms with van der Waals surface area (Å²) in [6.45, 7) is 14.7. The van der Waals surface area contributed by atoms with Gasteiger partial charge in [-0.3, -0.25) is 19.4 Å². The molecular formula is C38H49FN8O3. The number of anilines is 5. The third kappa shape index (κ3) is 7.01. The average molecular weight is 685 g/mol. The van der Waals surface area contributed by atoms with Gasteiger partial charge < -0.3 is 20.3 Å². The highest BCUT2D eigenvalue weighted by Gasteiger charge is 2.40. The maximum atomic E-state index is 15.1. The molecule has 50 heavy (non-hydrogen) atoms. The molecule has 4 fully saturated rings. The van der Waals surface area contributed by atoms with Gasteiger partial charge in [-0.1, -0.05) is 24.8 Å². The number of piperazine rings is 1. The number of carbonyl (C=O) groups is 1. The minimum atomic E-state index is -0.324. The largest absolute Gasteiger partial charge is 0.494 e. The Bertz CT molecular complexity index is 1710. The van der Waals surface area contributed by atoms with Crippen molar-refractivity contribution in [3.05, 3.63) is 72.3 Å². The fraction of sp³-hybridized carbons (Fsp3) is 0.500. The summed E-state index contributed by atoms with van der Waals surface area (Å²) in [5.41, 5.74) is 3.33. The number of ether oxygens (including phenoxy) is 1. The first-order valence-corrected chi connectivity index (χ1v) is 17.9. The first-order chi connectivity index (χ1) is 24.2. The van der Waals surface area contributed by atoms with Crippen LogP contribution in [0.3, 0.4) is 0 Å². The number of halogens is 1. The fourth-order valence-electron chi connectivity index (χ4n) is 8.00. The molecule has 12 heteroatoms. The van der Waals surface area contributed by atoms with Crippen molar-refractivity contribution in [3.8, 4) is 5.75 Å². The molecule has 11 nitrogen and oxygen atoms in total. The maximum Gasteiger partial charge on any atom is 0.247 e. The molecule has 1 unspecified atom stereocenters. The van der Waals surface area contributed by atoms with E-state index < -0.39 is 0 Å². The van der Waals surface area contributed by atoms with Crippen LogP contribution in [0.4, 0.5) is 33.1 Å². The standard InChI is InChI=1S/C38H49FN8O3/c1-6-37(48)43-30-18-31(42-35-20-36(41-23-40-35)47-32(14-17-50-47)29-9-7-8-24(2)38(29)39)34(49-5)19-33(30)44-15-12-28(13-16-44)46-22-25(3)45(21-26(46)4)27-10-11-27/h6-9,18-20,23,25-28,32H,1,10-17,21-22H2,2-5H3,(H,43,48)(H,40,41,42)/t25-,26-,32?/m1/s1. The Morgan fingerprint density at radius 2 is 1.72 bits per heavy atom. The highest BCUT2D eigenvalue weighted by molar-refractivity contribution is 6.02. The molecule has 0 bridgehead atoms. The van der Waals surface area contributed by atoms with Gasteiger partial charge in [0.05, 0.1) is 36.8 Å². The highest BCUT2D eigenvalue weighted by Crippen LogP contribution is 2.41. The summed E-state index contributed by atoms with van der Waals surface area (Å²) in [7, 11) is 1.63. The Balaban J connectivity index is 1.09. The predicted octanol–water partition coefficient (Wildman–Crippen LogP) is 6.21. The van der Waals surface area contributed by atoms with E-state index in [1.54, 1.807) is 37.3 Å². The number of methoxy groups -OCH3 is 1. The number of amides is 1. The topological polar surface area (TPSA) is 98.3 Å². The van der Waals surface area contributed by atoms with Gasteiger partial charge in [0.2, 0.25) is 5.91 Å². The lowest BCUT2D eigenvalue weighted by Gasteiger charge is -2.49.